The van der Waals surface area contributed by atoms with Crippen molar-refractivity contribution in [1.29, 1.82) is 10.8 Å². The van der Waals surface area contributed by atoms with Gasteiger partial charge in [0.05, 0.1) is 19.0 Å². The van der Waals surface area contributed by atoms with Crippen molar-refractivity contribution in [2.75, 3.05) is 20.3 Å². The van der Waals surface area contributed by atoms with Crippen LogP contribution < -0.4 is 10.2 Å². The summed E-state index contributed by atoms with van der Waals surface area (Å²) in [5.74, 6) is -0.201. The number of hydrogen-bond acceptors (Lipinski definition) is 8. The number of aromatic nitrogens is 4. The number of rotatable bonds is 8. The first-order valence-electron chi connectivity index (χ1n) is 8.97. The van der Waals surface area contributed by atoms with E-state index in [1.165, 1.54) is 12.1 Å². The number of hydrogen-bond donors (Lipinski definition) is 3. The lowest BCUT2D eigenvalue weighted by Gasteiger charge is -2.09. The predicted octanol–water partition coefficient (Wildman–Crippen LogP) is 1.61. The van der Waals surface area contributed by atoms with E-state index in [4.69, 9.17) is 25.4 Å². The first kappa shape index (κ1) is 20.8. The average molecular weight is 408 g/mol. The molecule has 154 valence electrons. The lowest BCUT2D eigenvalue weighted by Crippen LogP contribution is -2.31. The van der Waals surface area contributed by atoms with E-state index in [1.54, 1.807) is 19.5 Å². The van der Waals surface area contributed by atoms with Crippen molar-refractivity contribution in [1.82, 2.24) is 19.7 Å². The highest BCUT2D eigenvalue weighted by Gasteiger charge is 2.11. The number of nitrogens with zero attached hydrogens (tertiary/aromatic N) is 4. The zero-order chi connectivity index (χ0) is 21.5. The van der Waals surface area contributed by atoms with Gasteiger partial charge in [-0.15, -0.1) is 0 Å². The predicted molar refractivity (Wildman–Crippen MR) is 107 cm³/mol. The second kappa shape index (κ2) is 9.52. The summed E-state index contributed by atoms with van der Waals surface area (Å²) in [7, 11) is 1.60. The Kier molecular flexibility index (Phi) is 6.60. The third-order valence-electron chi connectivity index (χ3n) is 4.05. The van der Waals surface area contributed by atoms with Crippen molar-refractivity contribution in [2.24, 2.45) is 0 Å². The lowest BCUT2D eigenvalue weighted by molar-refractivity contribution is 0.0688. The summed E-state index contributed by atoms with van der Waals surface area (Å²) < 4.78 is 11.4. The maximum atomic E-state index is 11.1. The Labute approximate surface area is 171 Å². The summed E-state index contributed by atoms with van der Waals surface area (Å²) in [4.78, 5) is 19.7. The van der Waals surface area contributed by atoms with Crippen LogP contribution in [0.2, 0.25) is 0 Å². The summed E-state index contributed by atoms with van der Waals surface area (Å²) in [5.41, 5.74) is 1.22. The molecule has 0 aliphatic heterocycles. The van der Waals surface area contributed by atoms with Crippen molar-refractivity contribution in [3.63, 3.8) is 0 Å². The fraction of sp³-hybridized carbons (Fsp3) is 0.200. The molecule has 1 aromatic carbocycles. The van der Waals surface area contributed by atoms with Crippen molar-refractivity contribution in [3.8, 4) is 17.1 Å². The fourth-order valence-corrected chi connectivity index (χ4v) is 2.61. The average Bonchev–Trinajstić information content (AvgIpc) is 2.74. The van der Waals surface area contributed by atoms with Gasteiger partial charge in [0.1, 0.15) is 17.9 Å². The van der Waals surface area contributed by atoms with Gasteiger partial charge in [0.25, 0.3) is 0 Å². The van der Waals surface area contributed by atoms with Crippen LogP contribution in [0.3, 0.4) is 0 Å². The molecule has 0 saturated heterocycles. The molecule has 2 heterocycles. The molecule has 10 nitrogen and oxygen atoms in total. The summed E-state index contributed by atoms with van der Waals surface area (Å²) >= 11 is 0. The molecule has 0 aliphatic carbocycles. The van der Waals surface area contributed by atoms with Gasteiger partial charge < -0.3 is 14.6 Å². The molecule has 0 aliphatic rings. The van der Waals surface area contributed by atoms with Gasteiger partial charge in [-0.25, -0.2) is 19.4 Å². The van der Waals surface area contributed by atoms with Gasteiger partial charge in [0.15, 0.2) is 17.3 Å². The topological polar surface area (TPSA) is 147 Å². The molecule has 0 unspecified atom stereocenters. The number of nitrogens with one attached hydrogen (secondary N) is 2. The Morgan fingerprint density at radius 1 is 1.17 bits per heavy atom. The minimum atomic E-state index is -1.22. The van der Waals surface area contributed by atoms with E-state index in [2.05, 4.69) is 15.1 Å². The SMILES string of the molecule is COCCOc1cnc(-c2cccc(CC(=N)n3nc(C(=O)O)ccc3=N)c2)nc1. The van der Waals surface area contributed by atoms with Crippen LogP contribution in [0.1, 0.15) is 16.1 Å². The van der Waals surface area contributed by atoms with Crippen LogP contribution >= 0.6 is 0 Å². The monoisotopic (exact) mass is 408 g/mol. The summed E-state index contributed by atoms with van der Waals surface area (Å²) in [6.07, 6.45) is 3.31. The van der Waals surface area contributed by atoms with E-state index in [0.29, 0.717) is 24.8 Å². The quantitative estimate of drug-likeness (QED) is 0.291. The van der Waals surface area contributed by atoms with E-state index < -0.39 is 5.97 Å². The van der Waals surface area contributed by atoms with Crippen molar-refractivity contribution in [2.45, 2.75) is 6.42 Å². The number of carboxylic acid groups (broad SMARTS) is 1. The summed E-state index contributed by atoms with van der Waals surface area (Å²) in [5, 5.41) is 29.1. The first-order chi connectivity index (χ1) is 14.5. The highest BCUT2D eigenvalue weighted by Crippen LogP contribution is 2.18. The minimum absolute atomic E-state index is 0.0249. The zero-order valence-electron chi connectivity index (χ0n) is 16.2. The van der Waals surface area contributed by atoms with Crippen LogP contribution in [-0.4, -0.2) is 57.0 Å². The molecule has 0 atom stereocenters. The Balaban J connectivity index is 1.76. The highest BCUT2D eigenvalue weighted by atomic mass is 16.5. The van der Waals surface area contributed by atoms with Gasteiger partial charge in [-0.05, 0) is 23.8 Å². The van der Waals surface area contributed by atoms with Crippen LogP contribution in [0, 0.1) is 10.8 Å². The van der Waals surface area contributed by atoms with Crippen molar-refractivity contribution >= 4 is 11.8 Å². The molecule has 0 amide bonds. The Morgan fingerprint density at radius 3 is 2.63 bits per heavy atom. The largest absolute Gasteiger partial charge is 0.488 e. The molecular weight excluding hydrogens is 388 g/mol. The summed E-state index contributed by atoms with van der Waals surface area (Å²) in [6.45, 7) is 0.877. The lowest BCUT2D eigenvalue weighted by atomic mass is 10.1. The van der Waals surface area contributed by atoms with Gasteiger partial charge in [-0.1, -0.05) is 18.2 Å². The van der Waals surface area contributed by atoms with Gasteiger partial charge in [-0.3, -0.25) is 10.8 Å². The third kappa shape index (κ3) is 5.11. The Bertz CT molecular complexity index is 1110. The van der Waals surface area contributed by atoms with Crippen molar-refractivity contribution < 1.29 is 19.4 Å². The molecular formula is C20H20N6O4. The number of aromatic carboxylic acids is 1. The van der Waals surface area contributed by atoms with Crippen LogP contribution in [-0.2, 0) is 11.2 Å². The molecule has 0 fully saturated rings. The number of benzene rings is 1. The minimum Gasteiger partial charge on any atom is -0.488 e. The van der Waals surface area contributed by atoms with Crippen LogP contribution in [0.15, 0.2) is 48.8 Å². The van der Waals surface area contributed by atoms with Gasteiger partial charge in [-0.2, -0.15) is 5.10 Å². The molecule has 2 aromatic heterocycles. The number of ether oxygens (including phenoxy) is 2. The molecule has 0 saturated carbocycles. The van der Waals surface area contributed by atoms with E-state index in [-0.39, 0.29) is 23.4 Å². The van der Waals surface area contributed by atoms with Crippen LogP contribution in [0.25, 0.3) is 11.4 Å². The third-order valence-corrected chi connectivity index (χ3v) is 4.05. The second-order valence-electron chi connectivity index (χ2n) is 6.23. The normalized spacial score (nSPS) is 10.6. The molecule has 30 heavy (non-hydrogen) atoms. The zero-order valence-corrected chi connectivity index (χ0v) is 16.2. The molecule has 0 bridgehead atoms. The molecule has 0 spiro atoms. The first-order valence-corrected chi connectivity index (χ1v) is 8.97. The van der Waals surface area contributed by atoms with E-state index in [1.807, 2.05) is 24.3 Å². The molecule has 3 aromatic rings. The van der Waals surface area contributed by atoms with Gasteiger partial charge in [0, 0.05) is 19.1 Å². The number of carboxylic acids is 1. The van der Waals surface area contributed by atoms with E-state index in [0.717, 1.165) is 15.8 Å². The van der Waals surface area contributed by atoms with E-state index >= 15 is 0 Å². The van der Waals surface area contributed by atoms with E-state index in [9.17, 15) is 4.79 Å². The van der Waals surface area contributed by atoms with Crippen LogP contribution in [0.5, 0.6) is 5.75 Å². The van der Waals surface area contributed by atoms with Crippen molar-refractivity contribution in [3.05, 3.63) is 65.5 Å². The van der Waals surface area contributed by atoms with Crippen LogP contribution in [0.4, 0.5) is 0 Å². The highest BCUT2D eigenvalue weighted by molar-refractivity contribution is 5.87. The molecule has 0 radical (unpaired) electrons. The molecule has 3 N–H and O–H groups in total. The second-order valence-corrected chi connectivity index (χ2v) is 6.23. The molecule has 10 heteroatoms. The standard InChI is InChI=1S/C20H20N6O4/c1-29-7-8-30-15-11-23-19(24-12-15)14-4-2-3-13(9-14)10-18(22)26-17(21)6-5-16(25-26)20(27)28/h2-6,9,11-12,21-22H,7-8,10H2,1H3,(H,27,28). The summed E-state index contributed by atoms with van der Waals surface area (Å²) in [6, 6.07) is 9.85. The fourth-order valence-electron chi connectivity index (χ4n) is 2.61. The Hall–Kier alpha value is -3.92. The number of carbonyl (C=O) groups is 1. The molecule has 3 rings (SSSR count). The Morgan fingerprint density at radius 2 is 1.93 bits per heavy atom. The number of methoxy groups -OCH3 is 1. The van der Waals surface area contributed by atoms with Gasteiger partial charge in [0.2, 0.25) is 0 Å². The van der Waals surface area contributed by atoms with Gasteiger partial charge >= 0.3 is 5.97 Å². The maximum absolute atomic E-state index is 11.1. The maximum Gasteiger partial charge on any atom is 0.356 e. The smallest absolute Gasteiger partial charge is 0.356 e.